The van der Waals surface area contributed by atoms with Crippen LogP contribution in [0.3, 0.4) is 0 Å². The van der Waals surface area contributed by atoms with Gasteiger partial charge in [-0.2, -0.15) is 0 Å². The van der Waals surface area contributed by atoms with Crippen LogP contribution in [0.25, 0.3) is 0 Å². The molecule has 8 heavy (non-hydrogen) atoms. The van der Waals surface area contributed by atoms with Crippen molar-refractivity contribution in [3.8, 4) is 0 Å². The molecule has 1 heteroatoms. The van der Waals surface area contributed by atoms with E-state index in [1.165, 1.54) is 6.07 Å². The van der Waals surface area contributed by atoms with Crippen molar-refractivity contribution in [2.24, 2.45) is 0 Å². The topological polar surface area (TPSA) is 20.2 Å². The molecule has 0 atom stereocenters. The van der Waals surface area contributed by atoms with Gasteiger partial charge >= 0.3 is 0 Å². The molecule has 0 spiro atoms. The van der Waals surface area contributed by atoms with E-state index in [9.17, 15) is 0 Å². The summed E-state index contributed by atoms with van der Waals surface area (Å²) in [6.45, 7) is -0.161. The van der Waals surface area contributed by atoms with E-state index in [1.807, 2.05) is 0 Å². The predicted octanol–water partition coefficient (Wildman–Crippen LogP) is 1.18. The third kappa shape index (κ3) is 1.07. The molecular weight excluding hydrogens is 100 g/mol. The monoisotopic (exact) mass is 110 g/mol. The van der Waals surface area contributed by atoms with Gasteiger partial charge in [0.15, 0.2) is 0 Å². The fourth-order valence-electron chi connectivity index (χ4n) is 0.481. The molecule has 1 aromatic rings. The Morgan fingerprint density at radius 1 is 1.62 bits per heavy atom. The zero-order valence-corrected chi connectivity index (χ0v) is 4.39. The average Bonchev–Trinajstić information content (AvgIpc) is 1.95. The molecule has 0 aliphatic heterocycles. The van der Waals surface area contributed by atoms with Gasteiger partial charge in [-0.1, -0.05) is 30.3 Å². The van der Waals surface area contributed by atoms with Gasteiger partial charge in [-0.25, -0.2) is 0 Å². The molecule has 0 heterocycles. The van der Waals surface area contributed by atoms with Gasteiger partial charge in [0.2, 0.25) is 0 Å². The number of rotatable bonds is 1. The number of hydrogen-bond donors (Lipinski definition) is 1. The van der Waals surface area contributed by atoms with Crippen LogP contribution < -0.4 is 0 Å². The van der Waals surface area contributed by atoms with Crippen molar-refractivity contribution < 1.29 is 7.85 Å². The molecule has 1 N–H and O–H groups in total. The van der Waals surface area contributed by atoms with Crippen LogP contribution >= 0.6 is 0 Å². The van der Waals surface area contributed by atoms with Crippen LogP contribution in [-0.4, -0.2) is 5.11 Å². The molecule has 0 saturated carbocycles. The van der Waals surface area contributed by atoms with Crippen molar-refractivity contribution in [3.05, 3.63) is 35.8 Å². The van der Waals surface area contributed by atoms with Crippen LogP contribution in [0.4, 0.5) is 0 Å². The molecule has 0 fully saturated rings. The summed E-state index contributed by atoms with van der Waals surface area (Å²) < 4.78 is 14.4. The lowest BCUT2D eigenvalue weighted by molar-refractivity contribution is 0.282. The van der Waals surface area contributed by atoms with Gasteiger partial charge in [0.1, 0.15) is 0 Å². The van der Waals surface area contributed by atoms with Crippen LogP contribution in [-0.2, 0) is 6.61 Å². The molecule has 0 aliphatic carbocycles. The van der Waals surface area contributed by atoms with E-state index in [0.29, 0.717) is 5.56 Å². The summed E-state index contributed by atoms with van der Waals surface area (Å²) in [6.07, 6.45) is 0. The summed E-state index contributed by atoms with van der Waals surface area (Å²) in [5.74, 6) is 0. The number of benzene rings is 1. The Kier molecular flexibility index (Phi) is 1.01. The van der Waals surface area contributed by atoms with Gasteiger partial charge in [-0.3, -0.25) is 0 Å². The highest BCUT2D eigenvalue weighted by Crippen LogP contribution is 1.95. The van der Waals surface area contributed by atoms with Gasteiger partial charge in [-0.15, -0.1) is 0 Å². The molecule has 0 aliphatic rings. The van der Waals surface area contributed by atoms with E-state index in [4.69, 9.17) is 7.85 Å². The predicted molar refractivity (Wildman–Crippen MR) is 32.4 cm³/mol. The molecule has 0 bridgehead atoms. The van der Waals surface area contributed by atoms with Crippen molar-refractivity contribution in [1.29, 1.82) is 0 Å². The quantitative estimate of drug-likeness (QED) is 0.575. The van der Waals surface area contributed by atoms with Gasteiger partial charge in [-0.05, 0) is 5.56 Å². The van der Waals surface area contributed by atoms with Gasteiger partial charge < -0.3 is 5.11 Å². The van der Waals surface area contributed by atoms with Gasteiger partial charge in [0.25, 0.3) is 0 Å². The lowest BCUT2D eigenvalue weighted by Gasteiger charge is -1.89. The molecule has 0 aromatic heterocycles. The van der Waals surface area contributed by atoms with E-state index >= 15 is 0 Å². The van der Waals surface area contributed by atoms with Crippen LogP contribution in [0.15, 0.2) is 30.3 Å². The summed E-state index contributed by atoms with van der Waals surface area (Å²) in [7, 11) is 0. The van der Waals surface area contributed by atoms with E-state index in [-0.39, 0.29) is 18.7 Å². The van der Waals surface area contributed by atoms with Gasteiger partial charge in [0, 0.05) is 0 Å². The first-order valence-electron chi connectivity index (χ1n) is 3.41. The third-order valence-corrected chi connectivity index (χ3v) is 0.880. The highest BCUT2D eigenvalue weighted by molar-refractivity contribution is 5.12. The molecule has 0 radical (unpaired) electrons. The van der Waals surface area contributed by atoms with Crippen molar-refractivity contribution in [3.63, 3.8) is 0 Å². The minimum Gasteiger partial charge on any atom is -0.392 e. The first kappa shape index (κ1) is 3.25. The van der Waals surface area contributed by atoms with Crippen LogP contribution in [0.1, 0.15) is 8.30 Å². The average molecular weight is 110 g/mol. The maximum absolute atomic E-state index is 8.64. The van der Waals surface area contributed by atoms with Crippen LogP contribution in [0.2, 0.25) is 0 Å². The Bertz CT molecular complexity index is 235. The second-order valence-electron chi connectivity index (χ2n) is 1.48. The fraction of sp³-hybridized carbons (Fsp3) is 0.143. The molecule has 1 aromatic carbocycles. The normalized spacial score (nSPS) is 12.6. The lowest BCUT2D eigenvalue weighted by Crippen LogP contribution is -1.77. The Balaban J connectivity index is 3.14. The zero-order chi connectivity index (χ0) is 7.56. The maximum Gasteiger partial charge on any atom is 0.0681 e. The summed E-state index contributed by atoms with van der Waals surface area (Å²) in [5.41, 5.74) is 0.507. The highest BCUT2D eigenvalue weighted by Gasteiger charge is 1.81. The Morgan fingerprint density at radius 2 is 2.50 bits per heavy atom. The van der Waals surface area contributed by atoms with Gasteiger partial charge in [0.05, 0.1) is 9.35 Å². The third-order valence-electron chi connectivity index (χ3n) is 0.880. The Labute approximate surface area is 51.4 Å². The van der Waals surface area contributed by atoms with Crippen molar-refractivity contribution in [2.75, 3.05) is 0 Å². The lowest BCUT2D eigenvalue weighted by atomic mass is 10.2. The largest absolute Gasteiger partial charge is 0.392 e. The zero-order valence-electron chi connectivity index (χ0n) is 6.39. The first-order chi connectivity index (χ1) is 4.75. The second kappa shape index (κ2) is 2.48. The second-order valence-corrected chi connectivity index (χ2v) is 1.48. The number of hydrogen-bond acceptors (Lipinski definition) is 1. The fourth-order valence-corrected chi connectivity index (χ4v) is 0.481. The molecule has 1 rings (SSSR count). The van der Waals surface area contributed by atoms with E-state index in [1.54, 1.807) is 12.1 Å². The molecule has 1 nitrogen and oxygen atoms in total. The van der Waals surface area contributed by atoms with E-state index < -0.39 is 0 Å². The SMILES string of the molecule is [2H]c1cccc(CO)c1[2H]. The minimum absolute atomic E-state index is 0.116. The molecule has 42 valence electrons. The number of aliphatic hydroxyl groups is 1. The summed E-state index contributed by atoms with van der Waals surface area (Å²) in [5, 5.41) is 8.64. The first-order valence-corrected chi connectivity index (χ1v) is 2.41. The molecule has 0 unspecified atom stereocenters. The van der Waals surface area contributed by atoms with Crippen molar-refractivity contribution in [1.82, 2.24) is 0 Å². The maximum atomic E-state index is 8.64. The van der Waals surface area contributed by atoms with Crippen molar-refractivity contribution in [2.45, 2.75) is 6.61 Å². The van der Waals surface area contributed by atoms with Crippen LogP contribution in [0.5, 0.6) is 0 Å². The van der Waals surface area contributed by atoms with E-state index in [2.05, 4.69) is 0 Å². The summed E-state index contributed by atoms with van der Waals surface area (Å²) in [4.78, 5) is 0. The van der Waals surface area contributed by atoms with Crippen molar-refractivity contribution >= 4 is 0 Å². The Hall–Kier alpha value is -0.820. The molecular formula is C7H8O. The minimum atomic E-state index is -0.161. The Morgan fingerprint density at radius 3 is 3.12 bits per heavy atom. The smallest absolute Gasteiger partial charge is 0.0681 e. The molecule has 0 amide bonds. The number of aliphatic hydroxyl groups excluding tert-OH is 1. The van der Waals surface area contributed by atoms with Crippen LogP contribution in [0, 0.1) is 0 Å². The highest BCUT2D eigenvalue weighted by atomic mass is 16.3. The summed E-state index contributed by atoms with van der Waals surface area (Å²) in [6, 6.07) is 5.10. The summed E-state index contributed by atoms with van der Waals surface area (Å²) >= 11 is 0. The van der Waals surface area contributed by atoms with E-state index in [0.717, 1.165) is 0 Å². The standard InChI is InChI=1S/C7H8O/c8-6-7-4-2-1-3-5-7/h1-5,8H,6H2/i2D,4D. The molecule has 0 saturated heterocycles.